The summed E-state index contributed by atoms with van der Waals surface area (Å²) in [6, 6.07) is 9.06. The average molecular weight is 365 g/mol. The van der Waals surface area contributed by atoms with Crippen LogP contribution in [0.4, 0.5) is 5.69 Å². The molecule has 0 spiro atoms. The predicted molar refractivity (Wildman–Crippen MR) is 93.5 cm³/mol. The Balaban J connectivity index is 2.38. The third-order valence-electron chi connectivity index (χ3n) is 3.66. The fourth-order valence-corrected chi connectivity index (χ4v) is 2.68. The molecule has 25 heavy (non-hydrogen) atoms. The zero-order valence-electron chi connectivity index (χ0n) is 13.9. The normalized spacial score (nSPS) is 11.5. The molecule has 2 rings (SSSR count). The molecule has 0 aliphatic rings. The van der Waals surface area contributed by atoms with Crippen molar-refractivity contribution >= 4 is 23.2 Å². The molecule has 0 radical (unpaired) electrons. The number of methoxy groups -OCH3 is 2. The number of hydrogen-bond donors (Lipinski definition) is 1. The van der Waals surface area contributed by atoms with E-state index in [1.807, 2.05) is 0 Å². The van der Waals surface area contributed by atoms with Gasteiger partial charge in [0, 0.05) is 11.1 Å². The Morgan fingerprint density at radius 2 is 1.80 bits per heavy atom. The van der Waals surface area contributed by atoms with E-state index in [0.717, 1.165) is 6.07 Å². The smallest absolute Gasteiger partial charge is 0.286 e. The molecule has 8 heteroatoms. The van der Waals surface area contributed by atoms with Gasteiger partial charge in [-0.05, 0) is 18.6 Å². The second-order valence-corrected chi connectivity index (χ2v) is 5.61. The minimum absolute atomic E-state index is 0.124. The molecule has 0 aromatic heterocycles. The third-order valence-corrected chi connectivity index (χ3v) is 4.01. The number of benzene rings is 2. The number of hydrogen-bond acceptors (Lipinski definition) is 5. The lowest BCUT2D eigenvalue weighted by molar-refractivity contribution is -0.385. The molecule has 0 saturated heterocycles. The zero-order chi connectivity index (χ0) is 18.6. The molecule has 0 aliphatic carbocycles. The molecule has 7 nitrogen and oxygen atoms in total. The Bertz CT molecular complexity index is 810. The van der Waals surface area contributed by atoms with Crippen LogP contribution in [0.2, 0.25) is 5.02 Å². The molecule has 0 fully saturated rings. The zero-order valence-corrected chi connectivity index (χ0v) is 14.7. The van der Waals surface area contributed by atoms with Crippen LogP contribution in [0.5, 0.6) is 11.5 Å². The number of rotatable bonds is 6. The van der Waals surface area contributed by atoms with E-state index >= 15 is 0 Å². The SMILES string of the molecule is COc1cc(C(=O)NC(C)c2ccccc2Cl)c([N+](=O)[O-])cc1OC. The largest absolute Gasteiger partial charge is 0.493 e. The number of nitrogens with one attached hydrogen (secondary N) is 1. The van der Waals surface area contributed by atoms with Crippen LogP contribution < -0.4 is 14.8 Å². The van der Waals surface area contributed by atoms with Crippen LogP contribution in [0.3, 0.4) is 0 Å². The summed E-state index contributed by atoms with van der Waals surface area (Å²) in [7, 11) is 2.75. The number of carbonyl (C=O) groups excluding carboxylic acids is 1. The number of nitro benzene ring substituents is 1. The van der Waals surface area contributed by atoms with Gasteiger partial charge < -0.3 is 14.8 Å². The monoisotopic (exact) mass is 364 g/mol. The van der Waals surface area contributed by atoms with Crippen molar-refractivity contribution in [2.45, 2.75) is 13.0 Å². The minimum Gasteiger partial charge on any atom is -0.493 e. The quantitative estimate of drug-likeness (QED) is 0.622. The number of nitro groups is 1. The van der Waals surface area contributed by atoms with E-state index in [4.69, 9.17) is 21.1 Å². The van der Waals surface area contributed by atoms with Crippen molar-refractivity contribution in [3.05, 3.63) is 62.7 Å². The van der Waals surface area contributed by atoms with Gasteiger partial charge in [0.25, 0.3) is 11.6 Å². The number of nitrogens with zero attached hydrogens (tertiary/aromatic N) is 1. The lowest BCUT2D eigenvalue weighted by Crippen LogP contribution is -2.27. The van der Waals surface area contributed by atoms with Crippen LogP contribution in [0.25, 0.3) is 0 Å². The second kappa shape index (κ2) is 7.85. The van der Waals surface area contributed by atoms with Gasteiger partial charge in [0.1, 0.15) is 5.56 Å². The average Bonchev–Trinajstić information content (AvgIpc) is 2.60. The van der Waals surface area contributed by atoms with Crippen molar-refractivity contribution in [1.82, 2.24) is 5.32 Å². The molecule has 0 heterocycles. The van der Waals surface area contributed by atoms with Crippen molar-refractivity contribution < 1.29 is 19.2 Å². The van der Waals surface area contributed by atoms with Crippen LogP contribution in [-0.2, 0) is 0 Å². The molecule has 0 bridgehead atoms. The van der Waals surface area contributed by atoms with E-state index in [0.29, 0.717) is 10.6 Å². The van der Waals surface area contributed by atoms with Gasteiger partial charge in [0.15, 0.2) is 11.5 Å². The molecule has 2 aromatic rings. The van der Waals surface area contributed by atoms with E-state index in [1.54, 1.807) is 31.2 Å². The molecular formula is C17H17ClN2O5. The Morgan fingerprint density at radius 3 is 2.36 bits per heavy atom. The summed E-state index contributed by atoms with van der Waals surface area (Å²) >= 11 is 6.12. The maximum atomic E-state index is 12.6. The third kappa shape index (κ3) is 4.00. The highest BCUT2D eigenvalue weighted by molar-refractivity contribution is 6.31. The molecule has 0 saturated carbocycles. The predicted octanol–water partition coefficient (Wildman–Crippen LogP) is 3.76. The molecule has 1 atom stereocenters. The highest BCUT2D eigenvalue weighted by Crippen LogP contribution is 2.34. The van der Waals surface area contributed by atoms with Gasteiger partial charge in [0.05, 0.1) is 31.3 Å². The maximum absolute atomic E-state index is 12.6. The van der Waals surface area contributed by atoms with Crippen LogP contribution in [-0.4, -0.2) is 25.1 Å². The van der Waals surface area contributed by atoms with Gasteiger partial charge in [-0.1, -0.05) is 29.8 Å². The summed E-state index contributed by atoms with van der Waals surface area (Å²) in [4.78, 5) is 23.2. The highest BCUT2D eigenvalue weighted by Gasteiger charge is 2.25. The summed E-state index contributed by atoms with van der Waals surface area (Å²) in [5, 5.41) is 14.5. The van der Waals surface area contributed by atoms with Gasteiger partial charge in [-0.3, -0.25) is 14.9 Å². The fraction of sp³-hybridized carbons (Fsp3) is 0.235. The highest BCUT2D eigenvalue weighted by atomic mass is 35.5. The maximum Gasteiger partial charge on any atom is 0.286 e. The van der Waals surface area contributed by atoms with Gasteiger partial charge in [-0.25, -0.2) is 0 Å². The molecular weight excluding hydrogens is 348 g/mol. The summed E-state index contributed by atoms with van der Waals surface area (Å²) in [6.45, 7) is 1.74. The van der Waals surface area contributed by atoms with Gasteiger partial charge >= 0.3 is 0 Å². The van der Waals surface area contributed by atoms with E-state index in [2.05, 4.69) is 5.32 Å². The molecule has 1 unspecified atom stereocenters. The van der Waals surface area contributed by atoms with Gasteiger partial charge in [-0.2, -0.15) is 0 Å². The topological polar surface area (TPSA) is 90.7 Å². The Morgan fingerprint density at radius 1 is 1.20 bits per heavy atom. The van der Waals surface area contributed by atoms with E-state index in [9.17, 15) is 14.9 Å². The molecule has 0 aliphatic heterocycles. The van der Waals surface area contributed by atoms with Crippen molar-refractivity contribution in [3.8, 4) is 11.5 Å². The number of amides is 1. The summed E-state index contributed by atoms with van der Waals surface area (Å²) in [5.41, 5.74) is 0.212. The molecule has 132 valence electrons. The van der Waals surface area contributed by atoms with Crippen molar-refractivity contribution in [1.29, 1.82) is 0 Å². The number of ether oxygens (including phenoxy) is 2. The molecule has 1 amide bonds. The van der Waals surface area contributed by atoms with E-state index in [1.165, 1.54) is 20.3 Å². The lowest BCUT2D eigenvalue weighted by atomic mass is 10.1. The van der Waals surface area contributed by atoms with Crippen LogP contribution in [0, 0.1) is 10.1 Å². The van der Waals surface area contributed by atoms with Crippen molar-refractivity contribution in [3.63, 3.8) is 0 Å². The first-order valence-corrected chi connectivity index (χ1v) is 7.72. The lowest BCUT2D eigenvalue weighted by Gasteiger charge is -2.16. The van der Waals surface area contributed by atoms with Gasteiger partial charge in [0.2, 0.25) is 0 Å². The first-order valence-electron chi connectivity index (χ1n) is 7.34. The van der Waals surface area contributed by atoms with Crippen molar-refractivity contribution in [2.24, 2.45) is 0 Å². The molecule has 2 aromatic carbocycles. The Labute approximate surface area is 149 Å². The number of halogens is 1. The fourth-order valence-electron chi connectivity index (χ4n) is 2.38. The summed E-state index contributed by atoms with van der Waals surface area (Å²) in [5.74, 6) is -0.214. The number of carbonyl (C=O) groups is 1. The van der Waals surface area contributed by atoms with Crippen molar-refractivity contribution in [2.75, 3.05) is 14.2 Å². The van der Waals surface area contributed by atoms with Gasteiger partial charge in [-0.15, -0.1) is 0 Å². The standard InChI is InChI=1S/C17H17ClN2O5/c1-10(11-6-4-5-7-13(11)18)19-17(21)12-8-15(24-2)16(25-3)9-14(12)20(22)23/h4-10H,1-3H3,(H,19,21). The summed E-state index contributed by atoms with van der Waals surface area (Å²) < 4.78 is 10.2. The van der Waals surface area contributed by atoms with Crippen LogP contribution in [0.1, 0.15) is 28.9 Å². The Hall–Kier alpha value is -2.80. The van der Waals surface area contributed by atoms with Crippen LogP contribution >= 0.6 is 11.6 Å². The first-order chi connectivity index (χ1) is 11.9. The summed E-state index contributed by atoms with van der Waals surface area (Å²) in [6.07, 6.45) is 0. The van der Waals surface area contributed by atoms with Crippen LogP contribution in [0.15, 0.2) is 36.4 Å². The van der Waals surface area contributed by atoms with E-state index in [-0.39, 0.29) is 22.7 Å². The first kappa shape index (κ1) is 18.5. The second-order valence-electron chi connectivity index (χ2n) is 5.20. The molecule has 1 N–H and O–H groups in total. The van der Waals surface area contributed by atoms with E-state index < -0.39 is 16.9 Å². The Kier molecular flexibility index (Phi) is 5.82. The minimum atomic E-state index is -0.642.